The van der Waals surface area contributed by atoms with Crippen molar-refractivity contribution in [2.45, 2.75) is 25.7 Å². The smallest absolute Gasteiger partial charge is 0.0663 e. The van der Waals surface area contributed by atoms with Gasteiger partial charge < -0.3 is 0 Å². The molecular formula is C16H20N2. The Bertz CT molecular complexity index is 376. The van der Waals surface area contributed by atoms with Gasteiger partial charge in [0.1, 0.15) is 0 Å². The molecule has 94 valence electrons. The van der Waals surface area contributed by atoms with E-state index in [1.807, 2.05) is 24.3 Å². The molecule has 18 heavy (non-hydrogen) atoms. The summed E-state index contributed by atoms with van der Waals surface area (Å²) in [5, 5.41) is 0. The van der Waals surface area contributed by atoms with Gasteiger partial charge >= 0.3 is 0 Å². The highest BCUT2D eigenvalue weighted by atomic mass is 14.8. The number of nitrogens with zero attached hydrogens (tertiary/aromatic N) is 2. The Morgan fingerprint density at radius 3 is 0.944 bits per heavy atom. The second-order valence-corrected chi connectivity index (χ2v) is 3.98. The van der Waals surface area contributed by atoms with Gasteiger partial charge in [-0.3, -0.25) is 9.97 Å². The lowest BCUT2D eigenvalue weighted by Gasteiger charge is -2.11. The molecule has 0 radical (unpaired) electrons. The maximum absolute atomic E-state index is 4.69. The molecule has 0 aliphatic heterocycles. The van der Waals surface area contributed by atoms with Gasteiger partial charge in [0.15, 0.2) is 0 Å². The summed E-state index contributed by atoms with van der Waals surface area (Å²) in [4.78, 5) is 9.38. The van der Waals surface area contributed by atoms with Crippen LogP contribution in [0.25, 0.3) is 0 Å². The Balaban J connectivity index is 3.27. The molecule has 0 aliphatic carbocycles. The van der Waals surface area contributed by atoms with Crippen LogP contribution in [0.2, 0.25) is 0 Å². The average molecular weight is 240 g/mol. The Labute approximate surface area is 109 Å². The molecule has 0 spiro atoms. The Hall–Kier alpha value is -1.96. The quantitative estimate of drug-likeness (QED) is 0.651. The second kappa shape index (κ2) is 7.38. The van der Waals surface area contributed by atoms with Gasteiger partial charge in [0.25, 0.3) is 0 Å². The van der Waals surface area contributed by atoms with Crippen LogP contribution in [0, 0.1) is 0 Å². The van der Waals surface area contributed by atoms with Crippen molar-refractivity contribution in [1.82, 2.24) is 9.97 Å². The van der Waals surface area contributed by atoms with E-state index in [4.69, 9.17) is 0 Å². The fourth-order valence-electron chi connectivity index (χ4n) is 1.78. The van der Waals surface area contributed by atoms with Crippen LogP contribution in [0.4, 0.5) is 0 Å². The van der Waals surface area contributed by atoms with Crippen LogP contribution in [0.15, 0.2) is 50.6 Å². The molecule has 0 fully saturated rings. The first-order valence-electron chi connectivity index (χ1n) is 6.07. The molecule has 0 atom stereocenters. The maximum Gasteiger partial charge on any atom is 0.0663 e. The average Bonchev–Trinajstić information content (AvgIpc) is 2.35. The van der Waals surface area contributed by atoms with Crippen LogP contribution in [0.1, 0.15) is 22.8 Å². The highest BCUT2D eigenvalue weighted by molar-refractivity contribution is 5.26. The van der Waals surface area contributed by atoms with Gasteiger partial charge in [0.2, 0.25) is 0 Å². The Morgan fingerprint density at radius 1 is 0.556 bits per heavy atom. The van der Waals surface area contributed by atoms with Crippen molar-refractivity contribution in [1.29, 1.82) is 0 Å². The maximum atomic E-state index is 4.69. The third-order valence-electron chi connectivity index (χ3n) is 2.56. The van der Waals surface area contributed by atoms with Crippen molar-refractivity contribution in [3.05, 3.63) is 73.4 Å². The second-order valence-electron chi connectivity index (χ2n) is 3.98. The molecule has 0 N–H and O–H groups in total. The summed E-state index contributed by atoms with van der Waals surface area (Å²) < 4.78 is 0. The first-order chi connectivity index (χ1) is 8.76. The SMILES string of the molecule is C=CCc1nc(CC=C)c(CC=C)nc1CC=C. The van der Waals surface area contributed by atoms with E-state index < -0.39 is 0 Å². The summed E-state index contributed by atoms with van der Waals surface area (Å²) in [7, 11) is 0. The molecule has 0 aliphatic rings. The van der Waals surface area contributed by atoms with E-state index in [2.05, 4.69) is 36.3 Å². The lowest BCUT2D eigenvalue weighted by Crippen LogP contribution is -2.09. The van der Waals surface area contributed by atoms with Crippen LogP contribution in [0.5, 0.6) is 0 Å². The normalized spacial score (nSPS) is 9.78. The zero-order valence-corrected chi connectivity index (χ0v) is 10.9. The Morgan fingerprint density at radius 2 is 0.778 bits per heavy atom. The summed E-state index contributed by atoms with van der Waals surface area (Å²) >= 11 is 0. The monoisotopic (exact) mass is 240 g/mol. The zero-order chi connectivity index (χ0) is 13.4. The van der Waals surface area contributed by atoms with Gasteiger partial charge in [-0.2, -0.15) is 0 Å². The van der Waals surface area contributed by atoms with Crippen LogP contribution in [-0.4, -0.2) is 9.97 Å². The molecule has 2 heteroatoms. The summed E-state index contributed by atoms with van der Waals surface area (Å²) in [6, 6.07) is 0. The molecule has 1 aromatic rings. The van der Waals surface area contributed by atoms with E-state index in [1.165, 1.54) is 0 Å². The van der Waals surface area contributed by atoms with Crippen LogP contribution >= 0.6 is 0 Å². The molecule has 1 aromatic heterocycles. The predicted octanol–water partition coefficient (Wildman–Crippen LogP) is 3.39. The van der Waals surface area contributed by atoms with Gasteiger partial charge in [-0.15, -0.1) is 26.3 Å². The van der Waals surface area contributed by atoms with Crippen molar-refractivity contribution in [3.63, 3.8) is 0 Å². The standard InChI is InChI=1S/C16H20N2/c1-5-9-13-14(10-6-2)18-16(12-8-4)15(17-13)11-7-3/h5-8H,1-4,9-12H2. The van der Waals surface area contributed by atoms with Gasteiger partial charge in [-0.1, -0.05) is 24.3 Å². The van der Waals surface area contributed by atoms with E-state index in [-0.39, 0.29) is 0 Å². The summed E-state index contributed by atoms with van der Waals surface area (Å²) in [6.45, 7) is 15.0. The fraction of sp³-hybridized carbons (Fsp3) is 0.250. The molecule has 1 heterocycles. The topological polar surface area (TPSA) is 25.8 Å². The third-order valence-corrected chi connectivity index (χ3v) is 2.56. The molecule has 0 aromatic carbocycles. The molecule has 0 amide bonds. The van der Waals surface area contributed by atoms with Crippen molar-refractivity contribution in [2.24, 2.45) is 0 Å². The van der Waals surface area contributed by atoms with Gasteiger partial charge in [0, 0.05) is 25.7 Å². The molecule has 1 rings (SSSR count). The van der Waals surface area contributed by atoms with Crippen LogP contribution < -0.4 is 0 Å². The van der Waals surface area contributed by atoms with Crippen LogP contribution in [-0.2, 0) is 25.7 Å². The number of aromatic nitrogens is 2. The minimum absolute atomic E-state index is 0.731. The van der Waals surface area contributed by atoms with E-state index in [1.54, 1.807) is 0 Å². The number of hydrogen-bond donors (Lipinski definition) is 0. The summed E-state index contributed by atoms with van der Waals surface area (Å²) in [6.07, 6.45) is 10.3. The van der Waals surface area contributed by atoms with E-state index in [9.17, 15) is 0 Å². The highest BCUT2D eigenvalue weighted by Crippen LogP contribution is 2.14. The van der Waals surface area contributed by atoms with Crippen molar-refractivity contribution < 1.29 is 0 Å². The van der Waals surface area contributed by atoms with E-state index in [0.29, 0.717) is 0 Å². The molecular weight excluding hydrogens is 220 g/mol. The third kappa shape index (κ3) is 3.52. The van der Waals surface area contributed by atoms with Gasteiger partial charge in [-0.05, 0) is 0 Å². The summed E-state index contributed by atoms with van der Waals surface area (Å²) in [5.74, 6) is 0. The molecule has 2 nitrogen and oxygen atoms in total. The van der Waals surface area contributed by atoms with Gasteiger partial charge in [-0.25, -0.2) is 0 Å². The first kappa shape index (κ1) is 14.1. The predicted molar refractivity (Wildman–Crippen MR) is 77.6 cm³/mol. The van der Waals surface area contributed by atoms with Crippen molar-refractivity contribution >= 4 is 0 Å². The van der Waals surface area contributed by atoms with Gasteiger partial charge in [0.05, 0.1) is 22.8 Å². The van der Waals surface area contributed by atoms with Crippen molar-refractivity contribution in [3.8, 4) is 0 Å². The minimum atomic E-state index is 0.731. The first-order valence-corrected chi connectivity index (χ1v) is 6.07. The van der Waals surface area contributed by atoms with E-state index in [0.717, 1.165) is 48.5 Å². The lowest BCUT2D eigenvalue weighted by molar-refractivity contribution is 0.869. The zero-order valence-electron chi connectivity index (χ0n) is 10.9. The lowest BCUT2D eigenvalue weighted by atomic mass is 10.1. The Kier molecular flexibility index (Phi) is 5.78. The van der Waals surface area contributed by atoms with Crippen molar-refractivity contribution in [2.75, 3.05) is 0 Å². The summed E-state index contributed by atoms with van der Waals surface area (Å²) in [5.41, 5.74) is 3.92. The number of allylic oxidation sites excluding steroid dienone is 4. The number of hydrogen-bond acceptors (Lipinski definition) is 2. The van der Waals surface area contributed by atoms with E-state index >= 15 is 0 Å². The molecule has 0 saturated heterocycles. The fourth-order valence-corrected chi connectivity index (χ4v) is 1.78. The largest absolute Gasteiger partial charge is 0.253 e. The highest BCUT2D eigenvalue weighted by Gasteiger charge is 2.10. The minimum Gasteiger partial charge on any atom is -0.253 e. The molecule has 0 unspecified atom stereocenters. The van der Waals surface area contributed by atoms with Crippen LogP contribution in [0.3, 0.4) is 0 Å². The number of rotatable bonds is 8. The molecule has 0 bridgehead atoms. The molecule has 0 saturated carbocycles.